The number of hydrogen-bond donors (Lipinski definition) is 1. The van der Waals surface area contributed by atoms with E-state index in [0.29, 0.717) is 11.6 Å². The Bertz CT molecular complexity index is 370. The number of hydrogen-bond acceptors (Lipinski definition) is 3. The first-order chi connectivity index (χ1) is 7.90. The van der Waals surface area contributed by atoms with E-state index >= 15 is 0 Å². The molecule has 1 aromatic rings. The van der Waals surface area contributed by atoms with Crippen LogP contribution in [0.4, 0.5) is 5.69 Å². The molecule has 1 amide bonds. The lowest BCUT2D eigenvalue weighted by Gasteiger charge is -2.28. The van der Waals surface area contributed by atoms with Crippen LogP contribution in [0.25, 0.3) is 0 Å². The zero-order valence-corrected chi connectivity index (χ0v) is 11.1. The van der Waals surface area contributed by atoms with Crippen LogP contribution in [0.15, 0.2) is 12.4 Å². The Kier molecular flexibility index (Phi) is 4.54. The minimum absolute atomic E-state index is 0.0804. The van der Waals surface area contributed by atoms with E-state index in [9.17, 15) is 4.79 Å². The van der Waals surface area contributed by atoms with Crippen LogP contribution >= 0.6 is 0 Å². The first-order valence-corrected chi connectivity index (χ1v) is 5.97. The normalized spacial score (nSPS) is 11.2. The fraction of sp³-hybridized carbons (Fsp3) is 0.667. The van der Waals surface area contributed by atoms with Gasteiger partial charge in [-0.3, -0.25) is 9.48 Å². The molecule has 2 N–H and O–H groups in total. The standard InChI is InChI=1S/C12H22N4O/c1-9(2)6-16(10(3)4)12(17)8-15-7-11(13)5-14-15/h5,7,9-10H,6,8,13H2,1-4H3. The van der Waals surface area contributed by atoms with Gasteiger partial charge in [-0.05, 0) is 19.8 Å². The SMILES string of the molecule is CC(C)CN(C(=O)Cn1cc(N)cn1)C(C)C. The van der Waals surface area contributed by atoms with Crippen LogP contribution in [-0.2, 0) is 11.3 Å². The number of nitrogens with zero attached hydrogens (tertiary/aromatic N) is 3. The van der Waals surface area contributed by atoms with Gasteiger partial charge in [0.25, 0.3) is 0 Å². The first-order valence-electron chi connectivity index (χ1n) is 5.97. The molecule has 0 saturated heterocycles. The average Bonchev–Trinajstić information content (AvgIpc) is 2.59. The van der Waals surface area contributed by atoms with Gasteiger partial charge in [-0.25, -0.2) is 0 Å². The molecular formula is C12H22N4O. The quantitative estimate of drug-likeness (QED) is 0.842. The minimum atomic E-state index is 0.0804. The number of carbonyl (C=O) groups excluding carboxylic acids is 1. The maximum absolute atomic E-state index is 12.1. The van der Waals surface area contributed by atoms with Crippen molar-refractivity contribution < 1.29 is 4.79 Å². The summed E-state index contributed by atoms with van der Waals surface area (Å²) in [4.78, 5) is 14.0. The molecule has 0 aliphatic rings. The van der Waals surface area contributed by atoms with E-state index in [1.54, 1.807) is 17.1 Å². The summed E-state index contributed by atoms with van der Waals surface area (Å²) in [6.45, 7) is 9.29. The Morgan fingerprint density at radius 3 is 2.53 bits per heavy atom. The van der Waals surface area contributed by atoms with Crippen molar-refractivity contribution in [2.75, 3.05) is 12.3 Å². The maximum atomic E-state index is 12.1. The van der Waals surface area contributed by atoms with Gasteiger partial charge >= 0.3 is 0 Å². The Morgan fingerprint density at radius 2 is 2.12 bits per heavy atom. The van der Waals surface area contributed by atoms with Gasteiger partial charge in [0.15, 0.2) is 0 Å². The van der Waals surface area contributed by atoms with Gasteiger partial charge in [0, 0.05) is 18.8 Å². The summed E-state index contributed by atoms with van der Waals surface area (Å²) >= 11 is 0. The maximum Gasteiger partial charge on any atom is 0.244 e. The zero-order valence-electron chi connectivity index (χ0n) is 11.1. The number of rotatable bonds is 5. The predicted molar refractivity (Wildman–Crippen MR) is 68.3 cm³/mol. The van der Waals surface area contributed by atoms with Crippen molar-refractivity contribution in [1.29, 1.82) is 0 Å². The summed E-state index contributed by atoms with van der Waals surface area (Å²) in [5.41, 5.74) is 6.14. The average molecular weight is 238 g/mol. The van der Waals surface area contributed by atoms with Gasteiger partial charge in [0.05, 0.1) is 11.9 Å². The Labute approximate surface area is 103 Å². The summed E-state index contributed by atoms with van der Waals surface area (Å²) < 4.78 is 1.58. The van der Waals surface area contributed by atoms with E-state index in [2.05, 4.69) is 18.9 Å². The van der Waals surface area contributed by atoms with Gasteiger partial charge in [0.1, 0.15) is 6.54 Å². The molecule has 0 unspecified atom stereocenters. The molecule has 96 valence electrons. The highest BCUT2D eigenvalue weighted by Crippen LogP contribution is 2.06. The summed E-state index contributed by atoms with van der Waals surface area (Å²) in [7, 11) is 0. The third kappa shape index (κ3) is 4.09. The van der Waals surface area contributed by atoms with Crippen molar-refractivity contribution in [2.24, 2.45) is 5.92 Å². The topological polar surface area (TPSA) is 64.2 Å². The fourth-order valence-corrected chi connectivity index (χ4v) is 1.69. The van der Waals surface area contributed by atoms with E-state index in [1.807, 2.05) is 18.7 Å². The second-order valence-corrected chi connectivity index (χ2v) is 5.00. The molecule has 0 radical (unpaired) electrons. The molecule has 1 aromatic heterocycles. The molecule has 0 aliphatic carbocycles. The van der Waals surface area contributed by atoms with E-state index in [-0.39, 0.29) is 18.5 Å². The number of amides is 1. The summed E-state index contributed by atoms with van der Waals surface area (Å²) in [5, 5.41) is 4.02. The van der Waals surface area contributed by atoms with Gasteiger partial charge in [0.2, 0.25) is 5.91 Å². The number of aromatic nitrogens is 2. The first kappa shape index (κ1) is 13.5. The van der Waals surface area contributed by atoms with Crippen molar-refractivity contribution in [3.05, 3.63) is 12.4 Å². The molecule has 1 rings (SSSR count). The van der Waals surface area contributed by atoms with Crippen LogP contribution in [-0.4, -0.2) is 33.2 Å². The smallest absolute Gasteiger partial charge is 0.244 e. The molecule has 5 nitrogen and oxygen atoms in total. The second kappa shape index (κ2) is 5.70. The zero-order chi connectivity index (χ0) is 13.0. The van der Waals surface area contributed by atoms with Crippen LogP contribution in [0.3, 0.4) is 0 Å². The molecule has 5 heteroatoms. The largest absolute Gasteiger partial charge is 0.396 e. The third-order valence-corrected chi connectivity index (χ3v) is 2.46. The van der Waals surface area contributed by atoms with Gasteiger partial charge in [-0.15, -0.1) is 0 Å². The van der Waals surface area contributed by atoms with Crippen molar-refractivity contribution in [2.45, 2.75) is 40.3 Å². The monoisotopic (exact) mass is 238 g/mol. The van der Waals surface area contributed by atoms with E-state index in [1.165, 1.54) is 0 Å². The van der Waals surface area contributed by atoms with Crippen LogP contribution in [0, 0.1) is 5.92 Å². The van der Waals surface area contributed by atoms with E-state index in [0.717, 1.165) is 6.54 Å². The lowest BCUT2D eigenvalue weighted by atomic mass is 10.2. The van der Waals surface area contributed by atoms with Gasteiger partial charge in [-0.1, -0.05) is 13.8 Å². The Hall–Kier alpha value is -1.52. The highest BCUT2D eigenvalue weighted by Gasteiger charge is 2.18. The van der Waals surface area contributed by atoms with Crippen molar-refractivity contribution in [3.63, 3.8) is 0 Å². The Morgan fingerprint density at radius 1 is 1.47 bits per heavy atom. The summed E-state index contributed by atoms with van der Waals surface area (Å²) in [6, 6.07) is 0.206. The molecule has 0 spiro atoms. The fourth-order valence-electron chi connectivity index (χ4n) is 1.69. The third-order valence-electron chi connectivity index (χ3n) is 2.46. The lowest BCUT2D eigenvalue weighted by Crippen LogP contribution is -2.41. The highest BCUT2D eigenvalue weighted by atomic mass is 16.2. The highest BCUT2D eigenvalue weighted by molar-refractivity contribution is 5.76. The van der Waals surface area contributed by atoms with Crippen molar-refractivity contribution in [1.82, 2.24) is 14.7 Å². The summed E-state index contributed by atoms with van der Waals surface area (Å²) in [5.74, 6) is 0.542. The van der Waals surface area contributed by atoms with Crippen LogP contribution in [0.1, 0.15) is 27.7 Å². The number of nitrogen functional groups attached to an aromatic ring is 1. The molecule has 0 atom stereocenters. The van der Waals surface area contributed by atoms with Crippen molar-refractivity contribution in [3.8, 4) is 0 Å². The second-order valence-electron chi connectivity index (χ2n) is 5.00. The van der Waals surface area contributed by atoms with Crippen LogP contribution in [0.5, 0.6) is 0 Å². The molecule has 0 saturated carbocycles. The molecule has 0 bridgehead atoms. The lowest BCUT2D eigenvalue weighted by molar-refractivity contribution is -0.134. The van der Waals surface area contributed by atoms with E-state index < -0.39 is 0 Å². The predicted octanol–water partition coefficient (Wildman–Crippen LogP) is 1.36. The molecule has 17 heavy (non-hydrogen) atoms. The van der Waals surface area contributed by atoms with Crippen LogP contribution in [0.2, 0.25) is 0 Å². The molecule has 1 heterocycles. The van der Waals surface area contributed by atoms with Crippen LogP contribution < -0.4 is 5.73 Å². The number of anilines is 1. The number of carbonyl (C=O) groups is 1. The Balaban J connectivity index is 2.65. The molecule has 0 fully saturated rings. The number of nitrogens with two attached hydrogens (primary N) is 1. The summed E-state index contributed by atoms with van der Waals surface area (Å²) in [6.07, 6.45) is 3.22. The van der Waals surface area contributed by atoms with Gasteiger partial charge < -0.3 is 10.6 Å². The van der Waals surface area contributed by atoms with Gasteiger partial charge in [-0.2, -0.15) is 5.10 Å². The minimum Gasteiger partial charge on any atom is -0.396 e. The molecule has 0 aliphatic heterocycles. The van der Waals surface area contributed by atoms with Crippen molar-refractivity contribution >= 4 is 11.6 Å². The molecule has 0 aromatic carbocycles. The van der Waals surface area contributed by atoms with E-state index in [4.69, 9.17) is 5.73 Å². The molecular weight excluding hydrogens is 216 g/mol.